The molecule has 5 nitrogen and oxygen atoms in total. The monoisotopic (exact) mass is 442 g/mol. The van der Waals surface area contributed by atoms with Gasteiger partial charge in [0.2, 0.25) is 0 Å². The highest BCUT2D eigenvalue weighted by molar-refractivity contribution is 7.94. The van der Waals surface area contributed by atoms with Crippen molar-refractivity contribution < 1.29 is 13.2 Å². The van der Waals surface area contributed by atoms with E-state index in [4.69, 9.17) is 0 Å². The summed E-state index contributed by atoms with van der Waals surface area (Å²) < 4.78 is 22.8. The molecule has 0 aliphatic carbocycles. The minimum absolute atomic E-state index is 0.0222. The number of hydrogen-bond donors (Lipinski definition) is 1. The van der Waals surface area contributed by atoms with E-state index >= 15 is 0 Å². The zero-order valence-electron chi connectivity index (χ0n) is 19.5. The number of carbonyl (C=O) groups excluding carboxylic acids is 1. The van der Waals surface area contributed by atoms with Crippen LogP contribution < -0.4 is 5.32 Å². The number of hydrogen-bond acceptors (Lipinski definition) is 3. The van der Waals surface area contributed by atoms with Crippen LogP contribution in [0.1, 0.15) is 110 Å². The van der Waals surface area contributed by atoms with Gasteiger partial charge in [-0.3, -0.25) is 0 Å². The molecule has 1 aliphatic heterocycles. The third-order valence-corrected chi connectivity index (χ3v) is 7.33. The third kappa shape index (κ3) is 14.1. The highest BCUT2D eigenvalue weighted by atomic mass is 32.2. The normalized spacial score (nSPS) is 17.3. The van der Waals surface area contributed by atoms with Gasteiger partial charge in [0.25, 0.3) is 0 Å². The topological polar surface area (TPSA) is 66.5 Å². The fraction of sp³-hybridized carbons (Fsp3) is 0.875. The molecule has 0 bridgehead atoms. The summed E-state index contributed by atoms with van der Waals surface area (Å²) in [5.74, 6) is -0.0222. The summed E-state index contributed by atoms with van der Waals surface area (Å²) in [7, 11) is -1.35. The minimum atomic E-state index is -3.13. The molecule has 1 N–H and O–H groups in total. The van der Waals surface area contributed by atoms with Crippen molar-refractivity contribution in [1.82, 2.24) is 10.2 Å². The SMILES string of the molecule is CCCCCCCCCCCCCCCCCCN(C)C(=O)NC1C=CS(=O)(=O)C1. The molecule has 1 unspecified atom stereocenters. The van der Waals surface area contributed by atoms with Gasteiger partial charge in [-0.15, -0.1) is 0 Å². The average Bonchev–Trinajstić information content (AvgIpc) is 3.05. The van der Waals surface area contributed by atoms with Gasteiger partial charge in [0.05, 0.1) is 11.8 Å². The Balaban J connectivity index is 1.84. The van der Waals surface area contributed by atoms with Crippen LogP contribution in [0.3, 0.4) is 0 Å². The Morgan fingerprint density at radius 2 is 1.27 bits per heavy atom. The molecular weight excluding hydrogens is 396 g/mol. The fourth-order valence-corrected chi connectivity index (χ4v) is 5.17. The highest BCUT2D eigenvalue weighted by Crippen LogP contribution is 2.14. The van der Waals surface area contributed by atoms with Gasteiger partial charge in [-0.25, -0.2) is 13.2 Å². The maximum atomic E-state index is 12.1. The van der Waals surface area contributed by atoms with E-state index < -0.39 is 15.9 Å². The van der Waals surface area contributed by atoms with Crippen molar-refractivity contribution >= 4 is 15.9 Å². The summed E-state index contributed by atoms with van der Waals surface area (Å²) in [6, 6.07) is -0.585. The molecule has 1 heterocycles. The lowest BCUT2D eigenvalue weighted by Gasteiger charge is -2.20. The van der Waals surface area contributed by atoms with Crippen LogP contribution in [0.4, 0.5) is 4.79 Å². The second-order valence-corrected chi connectivity index (χ2v) is 10.9. The van der Waals surface area contributed by atoms with E-state index in [0.29, 0.717) is 6.54 Å². The van der Waals surface area contributed by atoms with Crippen LogP contribution in [0, 0.1) is 0 Å². The molecule has 0 aromatic rings. The molecule has 176 valence electrons. The number of sulfone groups is 1. The largest absolute Gasteiger partial charge is 0.331 e. The Morgan fingerprint density at radius 1 is 0.833 bits per heavy atom. The second kappa shape index (κ2) is 16.6. The first-order valence-corrected chi connectivity index (χ1v) is 14.1. The van der Waals surface area contributed by atoms with Gasteiger partial charge in [0, 0.05) is 19.0 Å². The number of amides is 2. The van der Waals surface area contributed by atoms with Crippen LogP contribution in [0.25, 0.3) is 0 Å². The van der Waals surface area contributed by atoms with Gasteiger partial charge in [-0.1, -0.05) is 103 Å². The van der Waals surface area contributed by atoms with E-state index in [1.54, 1.807) is 18.0 Å². The molecule has 1 atom stereocenters. The summed E-state index contributed by atoms with van der Waals surface area (Å²) in [6.07, 6.45) is 22.9. The predicted molar refractivity (Wildman–Crippen MR) is 127 cm³/mol. The van der Waals surface area contributed by atoms with Crippen molar-refractivity contribution in [1.29, 1.82) is 0 Å². The molecule has 30 heavy (non-hydrogen) atoms. The summed E-state index contributed by atoms with van der Waals surface area (Å²) in [6.45, 7) is 2.99. The van der Waals surface area contributed by atoms with Gasteiger partial charge >= 0.3 is 6.03 Å². The first-order valence-electron chi connectivity index (χ1n) is 12.4. The van der Waals surface area contributed by atoms with Crippen molar-refractivity contribution in [3.8, 4) is 0 Å². The molecule has 1 rings (SSSR count). The van der Waals surface area contributed by atoms with E-state index in [1.165, 1.54) is 95.3 Å². The van der Waals surface area contributed by atoms with E-state index in [9.17, 15) is 13.2 Å². The van der Waals surface area contributed by atoms with Crippen molar-refractivity contribution in [2.75, 3.05) is 19.3 Å². The molecule has 0 spiro atoms. The van der Waals surface area contributed by atoms with Crippen LogP contribution in [0.15, 0.2) is 11.5 Å². The maximum Gasteiger partial charge on any atom is 0.317 e. The number of carbonyl (C=O) groups is 1. The molecule has 0 saturated carbocycles. The van der Waals surface area contributed by atoms with Gasteiger partial charge < -0.3 is 10.2 Å². The lowest BCUT2D eigenvalue weighted by atomic mass is 10.0. The van der Waals surface area contributed by atoms with E-state index in [0.717, 1.165) is 12.8 Å². The Bertz CT molecular complexity index is 575. The first-order chi connectivity index (χ1) is 14.4. The van der Waals surface area contributed by atoms with Crippen LogP contribution in [0.5, 0.6) is 0 Å². The number of rotatable bonds is 18. The molecule has 6 heteroatoms. The fourth-order valence-electron chi connectivity index (χ4n) is 3.93. The van der Waals surface area contributed by atoms with E-state index in [-0.39, 0.29) is 11.8 Å². The molecule has 1 aliphatic rings. The van der Waals surface area contributed by atoms with Crippen LogP contribution in [-0.2, 0) is 9.84 Å². The van der Waals surface area contributed by atoms with Crippen molar-refractivity contribution in [3.63, 3.8) is 0 Å². The highest BCUT2D eigenvalue weighted by Gasteiger charge is 2.23. The van der Waals surface area contributed by atoms with E-state index in [2.05, 4.69) is 12.2 Å². The van der Waals surface area contributed by atoms with Crippen LogP contribution in [0.2, 0.25) is 0 Å². The predicted octanol–water partition coefficient (Wildman–Crippen LogP) is 6.20. The number of urea groups is 1. The smallest absolute Gasteiger partial charge is 0.317 e. The summed E-state index contributed by atoms with van der Waals surface area (Å²) >= 11 is 0. The van der Waals surface area contributed by atoms with Gasteiger partial charge in [0.1, 0.15) is 0 Å². The molecule has 2 amide bonds. The Hall–Kier alpha value is -1.04. The Morgan fingerprint density at radius 3 is 1.67 bits per heavy atom. The van der Waals surface area contributed by atoms with Gasteiger partial charge in [-0.2, -0.15) is 0 Å². The summed E-state index contributed by atoms with van der Waals surface area (Å²) in [5, 5.41) is 3.95. The lowest BCUT2D eigenvalue weighted by molar-refractivity contribution is 0.206. The molecule has 0 radical (unpaired) electrons. The average molecular weight is 443 g/mol. The number of nitrogens with one attached hydrogen (secondary N) is 1. The quantitative estimate of drug-likeness (QED) is 0.257. The van der Waals surface area contributed by atoms with Crippen LogP contribution in [-0.4, -0.2) is 44.7 Å². The van der Waals surface area contributed by atoms with Crippen molar-refractivity contribution in [2.45, 2.75) is 116 Å². The Labute approximate surface area is 186 Å². The van der Waals surface area contributed by atoms with Crippen molar-refractivity contribution in [3.05, 3.63) is 11.5 Å². The summed E-state index contributed by atoms with van der Waals surface area (Å²) in [4.78, 5) is 13.7. The lowest BCUT2D eigenvalue weighted by Crippen LogP contribution is -2.43. The number of nitrogens with zero attached hydrogens (tertiary/aromatic N) is 1. The van der Waals surface area contributed by atoms with Crippen molar-refractivity contribution in [2.24, 2.45) is 0 Å². The van der Waals surface area contributed by atoms with Crippen LogP contribution >= 0.6 is 0 Å². The molecular formula is C24H46N2O3S. The van der Waals surface area contributed by atoms with E-state index in [1.807, 2.05) is 0 Å². The zero-order chi connectivity index (χ0) is 22.1. The first kappa shape index (κ1) is 27.0. The molecule has 0 fully saturated rings. The molecule has 0 saturated heterocycles. The summed E-state index contributed by atoms with van der Waals surface area (Å²) in [5.41, 5.74) is 0. The van der Waals surface area contributed by atoms with Gasteiger partial charge in [-0.05, 0) is 12.5 Å². The molecule has 0 aromatic carbocycles. The minimum Gasteiger partial charge on any atom is -0.331 e. The second-order valence-electron chi connectivity index (χ2n) is 8.94. The Kier molecular flexibility index (Phi) is 15.0. The number of unbranched alkanes of at least 4 members (excludes halogenated alkanes) is 15. The van der Waals surface area contributed by atoms with Gasteiger partial charge in [0.15, 0.2) is 9.84 Å². The zero-order valence-corrected chi connectivity index (χ0v) is 20.4. The standard InChI is InChI=1S/C24H46N2O3S/c1-3-4-5-6-7-8-9-10-11-12-13-14-15-16-17-18-20-26(2)24(27)25-23-19-21-30(28,29)22-23/h19,21,23H,3-18,20,22H2,1-2H3,(H,25,27). The third-order valence-electron chi connectivity index (χ3n) is 5.93. The molecule has 0 aromatic heterocycles. The maximum absolute atomic E-state index is 12.1.